The Morgan fingerprint density at radius 3 is 2.39 bits per heavy atom. The normalized spacial score (nSPS) is 14.4. The molecular weight excluding hydrogens is 523 g/mol. The first-order valence-corrected chi connectivity index (χ1v) is 11.6. The maximum Gasteiger partial charge on any atom is 0.151 e. The molecule has 2 aromatic carbocycles. The molecule has 0 saturated carbocycles. The maximum absolute atomic E-state index is 7.03. The van der Waals surface area contributed by atoms with E-state index in [4.69, 9.17) is 39.5 Å². The van der Waals surface area contributed by atoms with Crippen LogP contribution in [0.4, 0.5) is 5.82 Å². The molecule has 0 spiro atoms. The highest BCUT2D eigenvalue weighted by atomic mass is 79.9. The number of fused-ring (bicyclic) bond motifs is 1. The first-order valence-electron chi connectivity index (χ1n) is 9.63. The lowest BCUT2D eigenvalue weighted by Crippen LogP contribution is -2.36. The summed E-state index contributed by atoms with van der Waals surface area (Å²) in [7, 11) is 0. The van der Waals surface area contributed by atoms with Crippen molar-refractivity contribution in [2.24, 2.45) is 0 Å². The van der Waals surface area contributed by atoms with Crippen LogP contribution in [0.15, 0.2) is 53.3 Å². The molecule has 0 amide bonds. The molecule has 9 heteroatoms. The zero-order chi connectivity index (χ0) is 21.5. The number of benzene rings is 2. The van der Waals surface area contributed by atoms with Gasteiger partial charge in [0.2, 0.25) is 0 Å². The summed E-state index contributed by atoms with van der Waals surface area (Å²) in [5, 5.41) is 2.43. The molecular formula is C22H16BrCl3N4O. The number of hydrogen-bond donors (Lipinski definition) is 0. The van der Waals surface area contributed by atoms with Gasteiger partial charge in [-0.2, -0.15) is 0 Å². The predicted molar refractivity (Wildman–Crippen MR) is 130 cm³/mol. The first kappa shape index (κ1) is 21.0. The van der Waals surface area contributed by atoms with Crippen molar-refractivity contribution in [2.75, 3.05) is 31.2 Å². The van der Waals surface area contributed by atoms with Gasteiger partial charge < -0.3 is 9.64 Å². The van der Waals surface area contributed by atoms with E-state index in [-0.39, 0.29) is 0 Å². The van der Waals surface area contributed by atoms with Gasteiger partial charge in [0.25, 0.3) is 0 Å². The van der Waals surface area contributed by atoms with Crippen molar-refractivity contribution in [2.45, 2.75) is 0 Å². The minimum Gasteiger partial charge on any atom is -0.378 e. The third-order valence-corrected chi connectivity index (χ3v) is 6.69. The molecule has 3 heterocycles. The molecule has 158 valence electrons. The van der Waals surface area contributed by atoms with E-state index in [0.717, 1.165) is 39.9 Å². The highest BCUT2D eigenvalue weighted by molar-refractivity contribution is 9.10. The lowest BCUT2D eigenvalue weighted by molar-refractivity contribution is 0.122. The van der Waals surface area contributed by atoms with E-state index >= 15 is 0 Å². The van der Waals surface area contributed by atoms with Crippen LogP contribution >= 0.6 is 50.7 Å². The Hall–Kier alpha value is -1.83. The van der Waals surface area contributed by atoms with Gasteiger partial charge in [-0.15, -0.1) is 0 Å². The van der Waals surface area contributed by atoms with E-state index in [1.807, 2.05) is 34.9 Å². The summed E-state index contributed by atoms with van der Waals surface area (Å²) in [4.78, 5) is 11.5. The average molecular weight is 539 g/mol. The SMILES string of the molecule is Clc1ccc(-n2c(Cl)c(-c3ccc(Br)cc3)c3c(N4CCOCC4)ncnc32)c(Cl)c1. The number of anilines is 1. The fourth-order valence-electron chi connectivity index (χ4n) is 3.85. The Morgan fingerprint density at radius 2 is 1.68 bits per heavy atom. The number of nitrogens with zero attached hydrogens (tertiary/aromatic N) is 4. The molecule has 1 fully saturated rings. The standard InChI is InChI=1S/C22H16BrCl3N4O/c23-14-3-1-13(2-4-14)18-19-21(29-7-9-31-10-8-29)27-12-28-22(19)30(20(18)26)17-6-5-15(24)11-16(17)25/h1-6,11-12H,7-10H2. The van der Waals surface area contributed by atoms with Crippen LogP contribution in [-0.2, 0) is 4.74 Å². The van der Waals surface area contributed by atoms with Crippen molar-refractivity contribution < 1.29 is 4.74 Å². The lowest BCUT2D eigenvalue weighted by Gasteiger charge is -2.28. The number of hydrogen-bond acceptors (Lipinski definition) is 4. The average Bonchev–Trinajstić information content (AvgIpc) is 3.07. The zero-order valence-corrected chi connectivity index (χ0v) is 20.0. The van der Waals surface area contributed by atoms with Gasteiger partial charge in [-0.3, -0.25) is 4.57 Å². The second-order valence-corrected chi connectivity index (χ2v) is 9.22. The Balaban J connectivity index is 1.84. The zero-order valence-electron chi connectivity index (χ0n) is 16.2. The molecule has 31 heavy (non-hydrogen) atoms. The summed E-state index contributed by atoms with van der Waals surface area (Å²) >= 11 is 23.2. The van der Waals surface area contributed by atoms with Crippen molar-refractivity contribution >= 4 is 67.6 Å². The maximum atomic E-state index is 7.03. The molecule has 1 aliphatic heterocycles. The van der Waals surface area contributed by atoms with Crippen molar-refractivity contribution in [1.29, 1.82) is 0 Å². The highest BCUT2D eigenvalue weighted by Gasteiger charge is 2.26. The van der Waals surface area contributed by atoms with Gasteiger partial charge in [-0.25, -0.2) is 9.97 Å². The number of ether oxygens (including phenoxy) is 1. The van der Waals surface area contributed by atoms with Crippen LogP contribution in [0.5, 0.6) is 0 Å². The molecule has 0 unspecified atom stereocenters. The summed E-state index contributed by atoms with van der Waals surface area (Å²) in [6, 6.07) is 13.4. The predicted octanol–water partition coefficient (Wildman–Crippen LogP) is 6.65. The van der Waals surface area contributed by atoms with Crippen LogP contribution in [0.2, 0.25) is 15.2 Å². The number of halogens is 4. The fourth-order valence-corrected chi connectivity index (χ4v) is 4.98. The van der Waals surface area contributed by atoms with Crippen molar-refractivity contribution in [1.82, 2.24) is 14.5 Å². The van der Waals surface area contributed by atoms with Crippen LogP contribution in [0, 0.1) is 0 Å². The van der Waals surface area contributed by atoms with E-state index in [1.54, 1.807) is 18.5 Å². The van der Waals surface area contributed by atoms with E-state index in [2.05, 4.69) is 30.8 Å². The van der Waals surface area contributed by atoms with Gasteiger partial charge in [0.1, 0.15) is 17.3 Å². The Kier molecular flexibility index (Phi) is 5.84. The minimum atomic E-state index is 0.486. The molecule has 2 aromatic heterocycles. The van der Waals surface area contributed by atoms with Crippen molar-refractivity contribution in [3.8, 4) is 16.8 Å². The van der Waals surface area contributed by atoms with Gasteiger partial charge in [-0.1, -0.05) is 62.9 Å². The van der Waals surface area contributed by atoms with Gasteiger partial charge in [0.05, 0.1) is 29.3 Å². The molecule has 1 saturated heterocycles. The largest absolute Gasteiger partial charge is 0.378 e. The van der Waals surface area contributed by atoms with Crippen LogP contribution in [0.1, 0.15) is 0 Å². The Labute approximate surface area is 202 Å². The van der Waals surface area contributed by atoms with Crippen LogP contribution in [0.3, 0.4) is 0 Å². The van der Waals surface area contributed by atoms with Crippen LogP contribution < -0.4 is 4.90 Å². The molecule has 5 nitrogen and oxygen atoms in total. The minimum absolute atomic E-state index is 0.486. The summed E-state index contributed by atoms with van der Waals surface area (Å²) in [5.41, 5.74) is 3.21. The third-order valence-electron chi connectivity index (χ3n) is 5.27. The molecule has 0 N–H and O–H groups in total. The first-order chi connectivity index (χ1) is 15.0. The summed E-state index contributed by atoms with van der Waals surface area (Å²) in [5.74, 6) is 0.831. The Bertz CT molecular complexity index is 1270. The summed E-state index contributed by atoms with van der Waals surface area (Å²) < 4.78 is 8.38. The molecule has 0 aliphatic carbocycles. The molecule has 0 atom stereocenters. The summed E-state index contributed by atoms with van der Waals surface area (Å²) in [6.07, 6.45) is 1.56. The van der Waals surface area contributed by atoms with Crippen LogP contribution in [-0.4, -0.2) is 40.8 Å². The molecule has 4 aromatic rings. The van der Waals surface area contributed by atoms with Gasteiger partial charge >= 0.3 is 0 Å². The smallest absolute Gasteiger partial charge is 0.151 e. The molecule has 1 aliphatic rings. The number of rotatable bonds is 3. The highest BCUT2D eigenvalue weighted by Crippen LogP contribution is 2.44. The van der Waals surface area contributed by atoms with E-state index in [1.165, 1.54) is 0 Å². The van der Waals surface area contributed by atoms with Crippen molar-refractivity contribution in [3.05, 3.63) is 68.5 Å². The topological polar surface area (TPSA) is 43.2 Å². The fraction of sp³-hybridized carbons (Fsp3) is 0.182. The summed E-state index contributed by atoms with van der Waals surface area (Å²) in [6.45, 7) is 2.79. The number of morpholine rings is 1. The van der Waals surface area contributed by atoms with Crippen molar-refractivity contribution in [3.63, 3.8) is 0 Å². The third kappa shape index (κ3) is 3.81. The van der Waals surface area contributed by atoms with E-state index < -0.39 is 0 Å². The van der Waals surface area contributed by atoms with E-state index in [0.29, 0.717) is 39.7 Å². The lowest BCUT2D eigenvalue weighted by atomic mass is 10.1. The van der Waals surface area contributed by atoms with Crippen LogP contribution in [0.25, 0.3) is 27.8 Å². The second kappa shape index (κ2) is 8.60. The molecule has 5 rings (SSSR count). The second-order valence-electron chi connectivity index (χ2n) is 7.10. The van der Waals surface area contributed by atoms with Gasteiger partial charge in [0.15, 0.2) is 5.65 Å². The number of aromatic nitrogens is 3. The quantitative estimate of drug-likeness (QED) is 0.293. The Morgan fingerprint density at radius 1 is 0.935 bits per heavy atom. The van der Waals surface area contributed by atoms with Gasteiger partial charge in [0, 0.05) is 28.1 Å². The van der Waals surface area contributed by atoms with E-state index in [9.17, 15) is 0 Å². The monoisotopic (exact) mass is 536 g/mol. The molecule has 0 bridgehead atoms. The molecule has 0 radical (unpaired) electrons. The van der Waals surface area contributed by atoms with Gasteiger partial charge in [-0.05, 0) is 35.9 Å².